The Morgan fingerprint density at radius 3 is 2.85 bits per heavy atom. The Morgan fingerprint density at radius 1 is 1.50 bits per heavy atom. The second kappa shape index (κ2) is 3.96. The van der Waals surface area contributed by atoms with Crippen LogP contribution in [0.1, 0.15) is 26.7 Å². The third-order valence-corrected chi connectivity index (χ3v) is 5.19. The highest BCUT2D eigenvalue weighted by molar-refractivity contribution is 5.95. The van der Waals surface area contributed by atoms with E-state index in [0.29, 0.717) is 11.1 Å². The Bertz CT molecular complexity index is 543. The Labute approximate surface area is 118 Å². The molecule has 1 heterocycles. The summed E-state index contributed by atoms with van der Waals surface area (Å²) in [7, 11) is 1.39. The third-order valence-electron chi connectivity index (χ3n) is 5.19. The molecule has 0 N–H and O–H groups in total. The first-order valence-electron chi connectivity index (χ1n) is 6.98. The predicted octanol–water partition coefficient (Wildman–Crippen LogP) is 2.25. The van der Waals surface area contributed by atoms with E-state index in [1.807, 2.05) is 6.08 Å². The van der Waals surface area contributed by atoms with Crippen molar-refractivity contribution in [3.8, 4) is 0 Å². The van der Waals surface area contributed by atoms with Crippen LogP contribution in [0.5, 0.6) is 0 Å². The lowest BCUT2D eigenvalue weighted by Gasteiger charge is -2.42. The van der Waals surface area contributed by atoms with Crippen molar-refractivity contribution in [2.45, 2.75) is 26.7 Å². The number of esters is 2. The molecule has 4 nitrogen and oxygen atoms in total. The summed E-state index contributed by atoms with van der Waals surface area (Å²) < 4.78 is 10.1. The summed E-state index contributed by atoms with van der Waals surface area (Å²) in [5, 5.41) is 0. The van der Waals surface area contributed by atoms with Crippen LogP contribution < -0.4 is 0 Å². The maximum absolute atomic E-state index is 12.0. The van der Waals surface area contributed by atoms with Gasteiger partial charge in [0.15, 0.2) is 0 Å². The molecule has 20 heavy (non-hydrogen) atoms. The van der Waals surface area contributed by atoms with Crippen molar-refractivity contribution in [2.75, 3.05) is 13.7 Å². The predicted molar refractivity (Wildman–Crippen MR) is 72.6 cm³/mol. The second-order valence-corrected chi connectivity index (χ2v) is 6.94. The van der Waals surface area contributed by atoms with Gasteiger partial charge in [0.05, 0.1) is 13.7 Å². The highest BCUT2D eigenvalue weighted by atomic mass is 16.5. The SMILES string of the molecule is C=C1C(=O)OC[C@H]2C(C(=O)OC)=C[C@@H]3CC(C)(C)CC132. The van der Waals surface area contributed by atoms with E-state index in [0.717, 1.165) is 12.8 Å². The van der Waals surface area contributed by atoms with Gasteiger partial charge in [-0.1, -0.05) is 26.5 Å². The number of carbonyl (C=O) groups excluding carboxylic acids is 2. The van der Waals surface area contributed by atoms with Crippen LogP contribution in [-0.2, 0) is 19.1 Å². The molecule has 0 aromatic carbocycles. The summed E-state index contributed by atoms with van der Waals surface area (Å²) in [5.41, 5.74) is 0.977. The van der Waals surface area contributed by atoms with Crippen molar-refractivity contribution in [2.24, 2.45) is 22.7 Å². The average Bonchev–Trinajstić information content (AvgIpc) is 2.81. The molecule has 4 heteroatoms. The zero-order valence-corrected chi connectivity index (χ0v) is 12.2. The number of cyclic esters (lactones) is 1. The van der Waals surface area contributed by atoms with E-state index in [9.17, 15) is 9.59 Å². The lowest BCUT2D eigenvalue weighted by atomic mass is 9.64. The Kier molecular flexibility index (Phi) is 2.66. The van der Waals surface area contributed by atoms with Gasteiger partial charge in [0.1, 0.15) is 0 Å². The van der Waals surface area contributed by atoms with Gasteiger partial charge >= 0.3 is 11.9 Å². The Hall–Kier alpha value is -1.58. The van der Waals surface area contributed by atoms with Crippen LogP contribution in [0.3, 0.4) is 0 Å². The largest absolute Gasteiger partial charge is 0.466 e. The number of ether oxygens (including phenoxy) is 2. The highest BCUT2D eigenvalue weighted by Gasteiger charge is 2.63. The van der Waals surface area contributed by atoms with Gasteiger partial charge < -0.3 is 9.47 Å². The van der Waals surface area contributed by atoms with Crippen molar-refractivity contribution in [3.05, 3.63) is 23.8 Å². The van der Waals surface area contributed by atoms with Gasteiger partial charge in [0.25, 0.3) is 0 Å². The summed E-state index contributed by atoms with van der Waals surface area (Å²) in [4.78, 5) is 24.0. The molecule has 108 valence electrons. The molecule has 2 fully saturated rings. The molecule has 3 rings (SSSR count). The summed E-state index contributed by atoms with van der Waals surface area (Å²) in [6, 6.07) is 0. The molecule has 0 bridgehead atoms. The zero-order valence-electron chi connectivity index (χ0n) is 12.2. The molecule has 1 unspecified atom stereocenters. The van der Waals surface area contributed by atoms with Crippen LogP contribution >= 0.6 is 0 Å². The fourth-order valence-corrected chi connectivity index (χ4v) is 4.52. The van der Waals surface area contributed by atoms with Gasteiger partial charge in [0, 0.05) is 22.5 Å². The highest BCUT2D eigenvalue weighted by Crippen LogP contribution is 2.66. The van der Waals surface area contributed by atoms with Crippen molar-refractivity contribution >= 4 is 11.9 Å². The second-order valence-electron chi connectivity index (χ2n) is 6.94. The van der Waals surface area contributed by atoms with Gasteiger partial charge in [0.2, 0.25) is 0 Å². The standard InChI is InChI=1S/C16H20O4/c1-9-13(17)20-7-12-11(14(18)19-4)5-10-6-15(2,3)8-16(9,10)12/h5,10,12H,1,6-8H2,2-4H3/t10-,12+,16?/m1/s1. The Balaban J connectivity index is 2.09. The molecule has 2 aliphatic carbocycles. The molecule has 1 saturated carbocycles. The topological polar surface area (TPSA) is 52.6 Å². The van der Waals surface area contributed by atoms with Crippen LogP contribution in [-0.4, -0.2) is 25.7 Å². The first-order valence-corrected chi connectivity index (χ1v) is 6.98. The first-order chi connectivity index (χ1) is 9.32. The van der Waals surface area contributed by atoms with Crippen molar-refractivity contribution in [1.82, 2.24) is 0 Å². The molecular weight excluding hydrogens is 256 g/mol. The maximum Gasteiger partial charge on any atom is 0.334 e. The first kappa shape index (κ1) is 13.4. The molecule has 1 saturated heterocycles. The summed E-state index contributed by atoms with van der Waals surface area (Å²) in [6.45, 7) is 8.66. The lowest BCUT2D eigenvalue weighted by Crippen LogP contribution is -2.44. The van der Waals surface area contributed by atoms with E-state index in [2.05, 4.69) is 20.4 Å². The molecule has 1 spiro atoms. The molecular formula is C16H20O4. The maximum atomic E-state index is 12.0. The summed E-state index contributed by atoms with van der Waals surface area (Å²) in [5.74, 6) is -0.556. The molecule has 3 aliphatic rings. The monoisotopic (exact) mass is 276 g/mol. The molecule has 0 aromatic rings. The van der Waals surface area contributed by atoms with E-state index in [1.165, 1.54) is 7.11 Å². The number of hydrogen-bond acceptors (Lipinski definition) is 4. The third kappa shape index (κ3) is 1.54. The minimum atomic E-state index is -0.345. The fourth-order valence-electron chi connectivity index (χ4n) is 4.52. The van der Waals surface area contributed by atoms with E-state index in [1.54, 1.807) is 0 Å². The van der Waals surface area contributed by atoms with Crippen LogP contribution in [0, 0.1) is 22.7 Å². The van der Waals surface area contributed by atoms with Crippen LogP contribution in [0.15, 0.2) is 23.8 Å². The molecule has 0 amide bonds. The number of rotatable bonds is 1. The number of allylic oxidation sites excluding steroid dienone is 1. The summed E-state index contributed by atoms with van der Waals surface area (Å²) >= 11 is 0. The van der Waals surface area contributed by atoms with Gasteiger partial charge in [-0.3, -0.25) is 0 Å². The minimum absolute atomic E-state index is 0.105. The van der Waals surface area contributed by atoms with Crippen molar-refractivity contribution < 1.29 is 19.1 Å². The van der Waals surface area contributed by atoms with Gasteiger partial charge in [-0.25, -0.2) is 9.59 Å². The van der Waals surface area contributed by atoms with E-state index in [4.69, 9.17) is 9.47 Å². The van der Waals surface area contributed by atoms with Crippen LogP contribution in [0.25, 0.3) is 0 Å². The smallest absolute Gasteiger partial charge is 0.334 e. The quantitative estimate of drug-likeness (QED) is 0.544. The molecule has 1 aliphatic heterocycles. The molecule has 0 radical (unpaired) electrons. The number of carbonyl (C=O) groups is 2. The number of methoxy groups -OCH3 is 1. The van der Waals surface area contributed by atoms with E-state index >= 15 is 0 Å². The average molecular weight is 276 g/mol. The fraction of sp³-hybridized carbons (Fsp3) is 0.625. The van der Waals surface area contributed by atoms with Crippen LogP contribution in [0.4, 0.5) is 0 Å². The lowest BCUT2D eigenvalue weighted by molar-refractivity contribution is -0.150. The molecule has 3 atom stereocenters. The zero-order chi connectivity index (χ0) is 14.7. The van der Waals surface area contributed by atoms with Crippen LogP contribution in [0.2, 0.25) is 0 Å². The van der Waals surface area contributed by atoms with Crippen molar-refractivity contribution in [3.63, 3.8) is 0 Å². The van der Waals surface area contributed by atoms with Gasteiger partial charge in [-0.2, -0.15) is 0 Å². The molecule has 0 aromatic heterocycles. The normalized spacial score (nSPS) is 37.9. The van der Waals surface area contributed by atoms with E-state index < -0.39 is 0 Å². The van der Waals surface area contributed by atoms with Gasteiger partial charge in [-0.15, -0.1) is 0 Å². The van der Waals surface area contributed by atoms with Crippen molar-refractivity contribution in [1.29, 1.82) is 0 Å². The Morgan fingerprint density at radius 2 is 2.20 bits per heavy atom. The summed E-state index contributed by atoms with van der Waals surface area (Å²) in [6.07, 6.45) is 3.81. The van der Waals surface area contributed by atoms with Gasteiger partial charge in [-0.05, 0) is 24.2 Å². The van der Waals surface area contributed by atoms with E-state index in [-0.39, 0.29) is 41.2 Å². The minimum Gasteiger partial charge on any atom is -0.466 e. The number of hydrogen-bond donors (Lipinski definition) is 0.